The molecule has 0 saturated heterocycles. The Hall–Kier alpha value is -4.07. The zero-order valence-electron chi connectivity index (χ0n) is 20.7. The van der Waals surface area contributed by atoms with Crippen LogP contribution in [0.3, 0.4) is 0 Å². The number of para-hydroxylation sites is 3. The Labute approximate surface area is 205 Å². The maximum absolute atomic E-state index is 5.77. The highest BCUT2D eigenvalue weighted by Crippen LogP contribution is 2.48. The van der Waals surface area contributed by atoms with Crippen molar-refractivity contribution in [2.24, 2.45) is 4.99 Å². The summed E-state index contributed by atoms with van der Waals surface area (Å²) in [5.74, 6) is 4.39. The van der Waals surface area contributed by atoms with Crippen molar-refractivity contribution in [2.45, 2.75) is 12.1 Å². The molecule has 0 amide bonds. The van der Waals surface area contributed by atoms with E-state index in [1.807, 2.05) is 54.6 Å². The highest BCUT2D eigenvalue weighted by Gasteiger charge is 2.37. The van der Waals surface area contributed by atoms with Crippen LogP contribution in [0, 0.1) is 0 Å². The van der Waals surface area contributed by atoms with E-state index in [1.54, 1.807) is 42.7 Å². The Morgan fingerprint density at radius 2 is 1.06 bits per heavy atom. The number of ether oxygens (including phenoxy) is 6. The Morgan fingerprint density at radius 1 is 0.571 bits per heavy atom. The van der Waals surface area contributed by atoms with Crippen LogP contribution in [0.1, 0.15) is 28.8 Å². The topological polar surface area (TPSA) is 79.8 Å². The van der Waals surface area contributed by atoms with Crippen LogP contribution in [-0.2, 0) is 0 Å². The third-order valence-electron chi connectivity index (χ3n) is 6.05. The molecule has 0 spiro atoms. The summed E-state index contributed by atoms with van der Waals surface area (Å²) in [6, 6.07) is 16.6. The van der Waals surface area contributed by atoms with Crippen molar-refractivity contribution < 1.29 is 28.4 Å². The molecule has 184 valence electrons. The minimum atomic E-state index is -0.369. The van der Waals surface area contributed by atoms with Gasteiger partial charge in [-0.15, -0.1) is 0 Å². The largest absolute Gasteiger partial charge is 0.493 e. The number of methoxy groups -OCH3 is 6. The van der Waals surface area contributed by atoms with Crippen molar-refractivity contribution in [1.82, 2.24) is 5.32 Å². The first kappa shape index (κ1) is 24.1. The van der Waals surface area contributed by atoms with E-state index < -0.39 is 0 Å². The van der Waals surface area contributed by atoms with Gasteiger partial charge in [0.15, 0.2) is 34.5 Å². The van der Waals surface area contributed by atoms with Gasteiger partial charge in [0.25, 0.3) is 0 Å². The number of hydrogen-bond donors (Lipinski definition) is 1. The van der Waals surface area contributed by atoms with Crippen LogP contribution in [0.15, 0.2) is 59.6 Å². The number of nitrogens with zero attached hydrogens (tertiary/aromatic N) is 1. The van der Waals surface area contributed by atoms with E-state index in [2.05, 4.69) is 5.32 Å². The second kappa shape index (κ2) is 10.5. The van der Waals surface area contributed by atoms with Gasteiger partial charge in [0.1, 0.15) is 11.9 Å². The second-order valence-electron chi connectivity index (χ2n) is 7.75. The SMILES string of the molecule is COc1cccc(C2=N[C@@H](c3cccc(OC)c3OC)[C@@H](c3cccc(OC)c3OC)N2)c1OC. The van der Waals surface area contributed by atoms with E-state index in [-0.39, 0.29) is 12.1 Å². The smallest absolute Gasteiger partial charge is 0.171 e. The van der Waals surface area contributed by atoms with E-state index in [0.717, 1.165) is 16.7 Å². The lowest BCUT2D eigenvalue weighted by atomic mass is 9.93. The number of benzene rings is 3. The molecule has 3 aromatic carbocycles. The van der Waals surface area contributed by atoms with E-state index in [0.29, 0.717) is 40.3 Å². The van der Waals surface area contributed by atoms with Crippen LogP contribution >= 0.6 is 0 Å². The fraction of sp³-hybridized carbons (Fsp3) is 0.296. The van der Waals surface area contributed by atoms with Gasteiger partial charge in [0.05, 0.1) is 54.3 Å². The molecule has 4 rings (SSSR count). The molecule has 0 saturated carbocycles. The van der Waals surface area contributed by atoms with Gasteiger partial charge >= 0.3 is 0 Å². The highest BCUT2D eigenvalue weighted by atomic mass is 16.5. The molecule has 1 N–H and O–H groups in total. The Bertz CT molecular complexity index is 1230. The second-order valence-corrected chi connectivity index (χ2v) is 7.75. The average molecular weight is 479 g/mol. The molecular formula is C27H30N2O6. The van der Waals surface area contributed by atoms with E-state index >= 15 is 0 Å². The van der Waals surface area contributed by atoms with Gasteiger partial charge in [-0.1, -0.05) is 30.3 Å². The van der Waals surface area contributed by atoms with Gasteiger partial charge in [-0.2, -0.15) is 0 Å². The third kappa shape index (κ3) is 4.27. The number of amidine groups is 1. The van der Waals surface area contributed by atoms with Crippen molar-refractivity contribution in [3.8, 4) is 34.5 Å². The van der Waals surface area contributed by atoms with Gasteiger partial charge < -0.3 is 33.7 Å². The maximum atomic E-state index is 5.77. The van der Waals surface area contributed by atoms with Crippen LogP contribution in [-0.4, -0.2) is 48.5 Å². The van der Waals surface area contributed by atoms with Crippen molar-refractivity contribution in [1.29, 1.82) is 0 Å². The molecular weight excluding hydrogens is 448 g/mol. The number of rotatable bonds is 9. The Kier molecular flexibility index (Phi) is 7.19. The summed E-state index contributed by atoms with van der Waals surface area (Å²) in [5.41, 5.74) is 2.54. The highest BCUT2D eigenvalue weighted by molar-refractivity contribution is 6.03. The first-order chi connectivity index (χ1) is 17.1. The lowest BCUT2D eigenvalue weighted by Gasteiger charge is -2.24. The quantitative estimate of drug-likeness (QED) is 0.483. The van der Waals surface area contributed by atoms with Crippen molar-refractivity contribution in [3.63, 3.8) is 0 Å². The van der Waals surface area contributed by atoms with Crippen LogP contribution < -0.4 is 33.7 Å². The van der Waals surface area contributed by atoms with Crippen LogP contribution in [0.5, 0.6) is 34.5 Å². The molecule has 0 aromatic heterocycles. The summed E-state index contributed by atoms with van der Waals surface area (Å²) >= 11 is 0. The molecule has 1 aliphatic rings. The zero-order valence-corrected chi connectivity index (χ0v) is 20.7. The number of nitrogens with one attached hydrogen (secondary N) is 1. The summed E-state index contributed by atoms with van der Waals surface area (Å²) in [6.45, 7) is 0. The van der Waals surface area contributed by atoms with Crippen LogP contribution in [0.4, 0.5) is 0 Å². The summed E-state index contributed by atoms with van der Waals surface area (Å²) in [4.78, 5) is 5.12. The molecule has 0 unspecified atom stereocenters. The van der Waals surface area contributed by atoms with Crippen molar-refractivity contribution >= 4 is 5.84 Å². The normalized spacial score (nSPS) is 16.7. The molecule has 2 atom stereocenters. The fourth-order valence-electron chi connectivity index (χ4n) is 4.50. The van der Waals surface area contributed by atoms with E-state index in [4.69, 9.17) is 33.4 Å². The molecule has 8 heteroatoms. The van der Waals surface area contributed by atoms with Gasteiger partial charge in [-0.05, 0) is 24.3 Å². The minimum Gasteiger partial charge on any atom is -0.493 e. The molecule has 0 radical (unpaired) electrons. The Balaban J connectivity index is 1.92. The first-order valence-electron chi connectivity index (χ1n) is 11.1. The third-order valence-corrected chi connectivity index (χ3v) is 6.05. The Morgan fingerprint density at radius 3 is 1.60 bits per heavy atom. The molecule has 35 heavy (non-hydrogen) atoms. The minimum absolute atomic E-state index is 0.299. The predicted molar refractivity (Wildman–Crippen MR) is 134 cm³/mol. The summed E-state index contributed by atoms with van der Waals surface area (Å²) in [5, 5.41) is 3.60. The van der Waals surface area contributed by atoms with Gasteiger partial charge in [-0.25, -0.2) is 0 Å². The molecule has 0 fully saturated rings. The summed E-state index contributed by atoms with van der Waals surface area (Å²) in [7, 11) is 9.72. The standard InChI is InChI=1S/C27H30N2O6/c1-30-19-13-7-10-16(24(19)33-4)22-23(17-11-8-14-20(31-2)25(17)34-5)29-27(28-22)18-12-9-15-21(32-3)26(18)35-6/h7-15,22-23H,1-6H3,(H,28,29)/t22-,23+. The molecule has 3 aromatic rings. The molecule has 1 aliphatic heterocycles. The van der Waals surface area contributed by atoms with E-state index in [1.165, 1.54) is 0 Å². The van der Waals surface area contributed by atoms with Crippen molar-refractivity contribution in [2.75, 3.05) is 42.7 Å². The summed E-state index contributed by atoms with van der Waals surface area (Å²) in [6.07, 6.45) is 0. The number of aliphatic imine (C=N–C) groups is 1. The van der Waals surface area contributed by atoms with Gasteiger partial charge in [-0.3, -0.25) is 4.99 Å². The van der Waals surface area contributed by atoms with Crippen LogP contribution in [0.2, 0.25) is 0 Å². The van der Waals surface area contributed by atoms with Crippen LogP contribution in [0.25, 0.3) is 0 Å². The molecule has 1 heterocycles. The zero-order chi connectivity index (χ0) is 24.9. The lowest BCUT2D eigenvalue weighted by Crippen LogP contribution is -2.26. The fourth-order valence-corrected chi connectivity index (χ4v) is 4.50. The lowest BCUT2D eigenvalue weighted by molar-refractivity contribution is 0.341. The monoisotopic (exact) mass is 478 g/mol. The van der Waals surface area contributed by atoms with Crippen molar-refractivity contribution in [3.05, 3.63) is 71.3 Å². The molecule has 8 nitrogen and oxygen atoms in total. The van der Waals surface area contributed by atoms with Gasteiger partial charge in [0.2, 0.25) is 0 Å². The first-order valence-corrected chi connectivity index (χ1v) is 11.1. The molecule has 0 aliphatic carbocycles. The average Bonchev–Trinajstić information content (AvgIpc) is 3.36. The number of hydrogen-bond acceptors (Lipinski definition) is 8. The van der Waals surface area contributed by atoms with E-state index in [9.17, 15) is 0 Å². The van der Waals surface area contributed by atoms with Gasteiger partial charge in [0, 0.05) is 11.1 Å². The predicted octanol–water partition coefficient (Wildman–Crippen LogP) is 4.57. The summed E-state index contributed by atoms with van der Waals surface area (Å²) < 4.78 is 33.9. The maximum Gasteiger partial charge on any atom is 0.171 e. The molecule has 0 bridgehead atoms.